The van der Waals surface area contributed by atoms with Crippen LogP contribution in [0.1, 0.15) is 110 Å². The predicted octanol–water partition coefficient (Wildman–Crippen LogP) is 6.93. The van der Waals surface area contributed by atoms with Crippen LogP contribution in [-0.4, -0.2) is 54.3 Å². The third kappa shape index (κ3) is 12.4. The molecule has 0 heterocycles. The fraction of sp³-hybridized carbons (Fsp3) is 0.688. The van der Waals surface area contributed by atoms with Gasteiger partial charge in [-0.15, -0.1) is 0 Å². The molecule has 0 saturated heterocycles. The zero-order valence-corrected chi connectivity index (χ0v) is 26.1. The largest absolute Gasteiger partial charge is 0.513 e. The van der Waals surface area contributed by atoms with E-state index in [4.69, 9.17) is 23.7 Å². The van der Waals surface area contributed by atoms with E-state index in [1.54, 1.807) is 6.92 Å². The maximum absolute atomic E-state index is 13.2. The maximum atomic E-state index is 13.2. The van der Waals surface area contributed by atoms with E-state index < -0.39 is 30.0 Å². The van der Waals surface area contributed by atoms with Gasteiger partial charge in [-0.1, -0.05) is 71.8 Å². The maximum Gasteiger partial charge on any atom is 0.513 e. The Balaban J connectivity index is 2.35. The van der Waals surface area contributed by atoms with E-state index in [2.05, 4.69) is 5.32 Å². The van der Waals surface area contributed by atoms with E-state index in [9.17, 15) is 24.3 Å². The summed E-state index contributed by atoms with van der Waals surface area (Å²) in [7, 11) is 0. The second kappa shape index (κ2) is 19.0. The van der Waals surface area contributed by atoms with Crippen molar-refractivity contribution in [3.05, 3.63) is 23.8 Å². The Hall–Kier alpha value is -3.34. The van der Waals surface area contributed by atoms with Gasteiger partial charge in [0, 0.05) is 12.5 Å². The first-order valence-electron chi connectivity index (χ1n) is 15.7. The standard InChI is InChI=1S/C32H49NO10/c1-5-8-13-19-39-30(37)41-26-18-17-24(21-27(26)42-31(38)40-20-14-9-6-2)22-32(29(35)36,33-23(4)7-3)43-28(34)25-15-11-10-12-16-25/h17-18,21,23,25,33H,5-16,19-20,22H2,1-4H3,(H,35,36)/t23?,32-/m0/s1. The van der Waals surface area contributed by atoms with Gasteiger partial charge in [-0.3, -0.25) is 10.1 Å². The van der Waals surface area contributed by atoms with Gasteiger partial charge in [0.15, 0.2) is 11.5 Å². The van der Waals surface area contributed by atoms with Crippen LogP contribution in [0.5, 0.6) is 11.5 Å². The Morgan fingerprint density at radius 3 is 2.00 bits per heavy atom. The van der Waals surface area contributed by atoms with E-state index in [0.717, 1.165) is 44.9 Å². The second-order valence-electron chi connectivity index (χ2n) is 11.1. The number of nitrogens with one attached hydrogen (secondary N) is 1. The van der Waals surface area contributed by atoms with Crippen LogP contribution in [0.25, 0.3) is 0 Å². The van der Waals surface area contributed by atoms with Crippen molar-refractivity contribution in [3.8, 4) is 11.5 Å². The summed E-state index contributed by atoms with van der Waals surface area (Å²) in [6.07, 6.45) is 7.44. The average Bonchev–Trinajstić information content (AvgIpc) is 2.99. The summed E-state index contributed by atoms with van der Waals surface area (Å²) in [4.78, 5) is 50.7. The molecule has 1 aliphatic rings. The zero-order valence-electron chi connectivity index (χ0n) is 26.1. The minimum Gasteiger partial charge on any atom is -0.477 e. The second-order valence-corrected chi connectivity index (χ2v) is 11.1. The lowest BCUT2D eigenvalue weighted by Gasteiger charge is -2.35. The third-order valence-corrected chi connectivity index (χ3v) is 7.43. The molecule has 11 heteroatoms. The fourth-order valence-corrected chi connectivity index (χ4v) is 4.76. The molecule has 1 aromatic rings. The van der Waals surface area contributed by atoms with E-state index in [1.165, 1.54) is 18.2 Å². The van der Waals surface area contributed by atoms with Crippen molar-refractivity contribution in [2.24, 2.45) is 5.92 Å². The molecule has 0 bridgehead atoms. The quantitative estimate of drug-likeness (QED) is 0.0588. The highest BCUT2D eigenvalue weighted by atomic mass is 16.7. The van der Waals surface area contributed by atoms with Gasteiger partial charge in [-0.2, -0.15) is 0 Å². The molecule has 2 N–H and O–H groups in total. The summed E-state index contributed by atoms with van der Waals surface area (Å²) < 4.78 is 26.8. The lowest BCUT2D eigenvalue weighted by Crippen LogP contribution is -2.60. The number of carboxylic acid groups (broad SMARTS) is 1. The molecule has 1 unspecified atom stereocenters. The first-order valence-corrected chi connectivity index (χ1v) is 15.7. The number of benzene rings is 1. The fourth-order valence-electron chi connectivity index (χ4n) is 4.76. The van der Waals surface area contributed by atoms with Crippen molar-refractivity contribution in [3.63, 3.8) is 0 Å². The number of rotatable bonds is 18. The van der Waals surface area contributed by atoms with E-state index in [0.29, 0.717) is 37.7 Å². The molecule has 1 aliphatic carbocycles. The predicted molar refractivity (Wildman–Crippen MR) is 159 cm³/mol. The Bertz CT molecular complexity index is 1040. The number of esters is 1. The molecule has 0 radical (unpaired) electrons. The molecule has 43 heavy (non-hydrogen) atoms. The number of carboxylic acids is 1. The van der Waals surface area contributed by atoms with Crippen LogP contribution in [-0.2, 0) is 30.2 Å². The Kier molecular flexibility index (Phi) is 15.9. The van der Waals surface area contributed by atoms with Crippen LogP contribution in [0.4, 0.5) is 9.59 Å². The average molecular weight is 608 g/mol. The van der Waals surface area contributed by atoms with Crippen molar-refractivity contribution in [1.29, 1.82) is 0 Å². The SMILES string of the molecule is CCCCCOC(=O)Oc1ccc(C[C@](NC(C)CC)(OC(=O)C2CCCCC2)C(=O)O)cc1OC(=O)OCCCCC. The number of hydrogen-bond donors (Lipinski definition) is 2. The highest BCUT2D eigenvalue weighted by molar-refractivity contribution is 5.83. The van der Waals surface area contributed by atoms with Crippen LogP contribution in [0.2, 0.25) is 0 Å². The summed E-state index contributed by atoms with van der Waals surface area (Å²) in [6, 6.07) is 3.97. The van der Waals surface area contributed by atoms with Crippen molar-refractivity contribution in [2.45, 2.75) is 123 Å². The van der Waals surface area contributed by atoms with E-state index >= 15 is 0 Å². The molecular weight excluding hydrogens is 558 g/mol. The van der Waals surface area contributed by atoms with Crippen molar-refractivity contribution < 1.29 is 48.0 Å². The molecule has 2 atom stereocenters. The monoisotopic (exact) mass is 607 g/mol. The van der Waals surface area contributed by atoms with Gasteiger partial charge in [-0.05, 0) is 56.7 Å². The van der Waals surface area contributed by atoms with Gasteiger partial charge in [0.25, 0.3) is 5.72 Å². The highest BCUT2D eigenvalue weighted by Gasteiger charge is 2.45. The lowest BCUT2D eigenvalue weighted by molar-refractivity contribution is -0.188. The molecule has 2 rings (SSSR count). The lowest BCUT2D eigenvalue weighted by atomic mass is 9.89. The molecule has 1 fully saturated rings. The molecule has 0 amide bonds. The van der Waals surface area contributed by atoms with Gasteiger partial charge in [0.2, 0.25) is 0 Å². The third-order valence-electron chi connectivity index (χ3n) is 7.43. The smallest absolute Gasteiger partial charge is 0.477 e. The summed E-state index contributed by atoms with van der Waals surface area (Å²) in [6.45, 7) is 8.07. The van der Waals surface area contributed by atoms with Crippen LogP contribution in [0, 0.1) is 5.92 Å². The first-order chi connectivity index (χ1) is 20.6. The first kappa shape index (κ1) is 35.9. The Labute approximate surface area is 254 Å². The van der Waals surface area contributed by atoms with Gasteiger partial charge in [0.05, 0.1) is 19.1 Å². The topological polar surface area (TPSA) is 147 Å². The van der Waals surface area contributed by atoms with E-state index in [-0.39, 0.29) is 43.1 Å². The number of unbranched alkanes of at least 4 members (excludes halogenated alkanes) is 4. The minimum absolute atomic E-state index is 0.107. The summed E-state index contributed by atoms with van der Waals surface area (Å²) in [5, 5.41) is 13.4. The molecule has 0 aliphatic heterocycles. The van der Waals surface area contributed by atoms with Gasteiger partial charge < -0.3 is 28.8 Å². The van der Waals surface area contributed by atoms with Crippen LogP contribution < -0.4 is 14.8 Å². The molecule has 0 aromatic heterocycles. The number of hydrogen-bond acceptors (Lipinski definition) is 10. The van der Waals surface area contributed by atoms with Gasteiger partial charge >= 0.3 is 24.2 Å². The van der Waals surface area contributed by atoms with Crippen LogP contribution in [0.15, 0.2) is 18.2 Å². The molecule has 0 spiro atoms. The number of carbonyl (C=O) groups excluding carboxylic acids is 3. The Morgan fingerprint density at radius 1 is 0.884 bits per heavy atom. The van der Waals surface area contributed by atoms with Crippen LogP contribution in [0.3, 0.4) is 0 Å². The van der Waals surface area contributed by atoms with E-state index in [1.807, 2.05) is 20.8 Å². The summed E-state index contributed by atoms with van der Waals surface area (Å²) in [5.41, 5.74) is -1.73. The molecule has 1 aromatic carbocycles. The zero-order chi connectivity index (χ0) is 31.7. The minimum atomic E-state index is -2.08. The molecule has 242 valence electrons. The molecule has 1 saturated carbocycles. The van der Waals surface area contributed by atoms with Gasteiger partial charge in [0.1, 0.15) is 0 Å². The normalized spacial score (nSPS) is 15.5. The number of carbonyl (C=O) groups is 4. The van der Waals surface area contributed by atoms with Crippen molar-refractivity contribution in [2.75, 3.05) is 13.2 Å². The van der Waals surface area contributed by atoms with Gasteiger partial charge in [-0.25, -0.2) is 14.4 Å². The molecular formula is C32H49NO10. The molecule has 11 nitrogen and oxygen atoms in total. The number of aliphatic carboxylic acids is 1. The summed E-state index contributed by atoms with van der Waals surface area (Å²) in [5.74, 6) is -2.55. The van der Waals surface area contributed by atoms with Crippen LogP contribution >= 0.6 is 0 Å². The Morgan fingerprint density at radius 2 is 1.47 bits per heavy atom. The highest BCUT2D eigenvalue weighted by Crippen LogP contribution is 2.33. The van der Waals surface area contributed by atoms with Crippen molar-refractivity contribution in [1.82, 2.24) is 5.32 Å². The van der Waals surface area contributed by atoms with Crippen molar-refractivity contribution >= 4 is 24.2 Å². The summed E-state index contributed by atoms with van der Waals surface area (Å²) >= 11 is 0. The number of ether oxygens (including phenoxy) is 5.